The molecule has 0 radical (unpaired) electrons. The van der Waals surface area contributed by atoms with E-state index in [1.807, 2.05) is 6.92 Å². The number of methoxy groups -OCH3 is 2. The van der Waals surface area contributed by atoms with Crippen molar-refractivity contribution < 1.29 is 28.9 Å². The fourth-order valence-electron chi connectivity index (χ4n) is 4.56. The lowest BCUT2D eigenvalue weighted by molar-refractivity contribution is -0.140. The first-order valence-electron chi connectivity index (χ1n) is 12.5. The SMILES string of the molecule is CCOc1ccc(C(O)=C2C(=O)C(=O)N(CCCN(CC)CC)[C@@H]2c2ccc(OC)c(OC)c2)cc1Cl. The van der Waals surface area contributed by atoms with Crippen LogP contribution in [0.2, 0.25) is 5.02 Å². The van der Waals surface area contributed by atoms with Crippen molar-refractivity contribution in [2.45, 2.75) is 33.2 Å². The van der Waals surface area contributed by atoms with Gasteiger partial charge in [-0.3, -0.25) is 9.59 Å². The Morgan fingerprint density at radius 2 is 1.68 bits per heavy atom. The molecule has 9 heteroatoms. The van der Waals surface area contributed by atoms with Crippen LogP contribution in [0.5, 0.6) is 17.2 Å². The molecule has 0 aliphatic carbocycles. The number of aliphatic hydroxyl groups excluding tert-OH is 1. The molecule has 1 fully saturated rings. The maximum absolute atomic E-state index is 13.3. The number of carbonyl (C=O) groups is 2. The lowest BCUT2D eigenvalue weighted by Crippen LogP contribution is -2.33. The molecule has 1 atom stereocenters. The zero-order chi connectivity index (χ0) is 27.1. The summed E-state index contributed by atoms with van der Waals surface area (Å²) in [4.78, 5) is 30.3. The summed E-state index contributed by atoms with van der Waals surface area (Å²) in [5, 5.41) is 11.6. The van der Waals surface area contributed by atoms with Crippen LogP contribution in [0, 0.1) is 0 Å². The topological polar surface area (TPSA) is 88.5 Å². The molecular formula is C28H35ClN2O6. The number of hydrogen-bond acceptors (Lipinski definition) is 7. The number of hydrogen-bond donors (Lipinski definition) is 1. The van der Waals surface area contributed by atoms with Gasteiger partial charge in [-0.15, -0.1) is 0 Å². The van der Waals surface area contributed by atoms with Crippen LogP contribution in [0.4, 0.5) is 0 Å². The summed E-state index contributed by atoms with van der Waals surface area (Å²) in [6, 6.07) is 9.19. The summed E-state index contributed by atoms with van der Waals surface area (Å²) in [7, 11) is 3.05. The fourth-order valence-corrected chi connectivity index (χ4v) is 4.80. The number of nitrogens with zero attached hydrogens (tertiary/aromatic N) is 2. The number of aliphatic hydroxyl groups is 1. The lowest BCUT2D eigenvalue weighted by Gasteiger charge is -2.27. The molecule has 3 rings (SSSR count). The van der Waals surface area contributed by atoms with E-state index in [9.17, 15) is 14.7 Å². The van der Waals surface area contributed by atoms with Crippen molar-refractivity contribution in [3.8, 4) is 17.2 Å². The van der Waals surface area contributed by atoms with Crippen LogP contribution in [0.3, 0.4) is 0 Å². The Morgan fingerprint density at radius 1 is 1.00 bits per heavy atom. The molecule has 0 unspecified atom stereocenters. The first-order valence-corrected chi connectivity index (χ1v) is 12.8. The quantitative estimate of drug-likeness (QED) is 0.237. The average Bonchev–Trinajstić information content (AvgIpc) is 3.16. The second kappa shape index (κ2) is 12.8. The highest BCUT2D eigenvalue weighted by molar-refractivity contribution is 6.46. The largest absolute Gasteiger partial charge is 0.507 e. The Hall–Kier alpha value is -3.23. The highest BCUT2D eigenvalue weighted by Gasteiger charge is 2.46. The van der Waals surface area contributed by atoms with Gasteiger partial charge in [-0.05, 0) is 68.9 Å². The van der Waals surface area contributed by atoms with Gasteiger partial charge >= 0.3 is 0 Å². The average molecular weight is 531 g/mol. The summed E-state index contributed by atoms with van der Waals surface area (Å²) in [6.07, 6.45) is 0.674. The molecule has 1 amide bonds. The van der Waals surface area contributed by atoms with Crippen molar-refractivity contribution in [3.63, 3.8) is 0 Å². The Labute approximate surface area is 223 Å². The van der Waals surface area contributed by atoms with Crippen molar-refractivity contribution in [1.82, 2.24) is 9.80 Å². The van der Waals surface area contributed by atoms with Crippen LogP contribution in [0.25, 0.3) is 5.76 Å². The number of benzene rings is 2. The number of rotatable bonds is 12. The summed E-state index contributed by atoms with van der Waals surface area (Å²) in [6.45, 7) is 9.37. The van der Waals surface area contributed by atoms with Gasteiger partial charge in [-0.25, -0.2) is 0 Å². The molecule has 2 aromatic carbocycles. The van der Waals surface area contributed by atoms with Crippen molar-refractivity contribution in [3.05, 3.63) is 58.1 Å². The van der Waals surface area contributed by atoms with Crippen LogP contribution in [-0.4, -0.2) is 73.6 Å². The van der Waals surface area contributed by atoms with Gasteiger partial charge in [0.15, 0.2) is 11.5 Å². The molecule has 200 valence electrons. The first kappa shape index (κ1) is 28.3. The zero-order valence-electron chi connectivity index (χ0n) is 22.0. The van der Waals surface area contributed by atoms with Crippen molar-refractivity contribution in [2.75, 3.05) is 47.0 Å². The maximum Gasteiger partial charge on any atom is 0.295 e. The smallest absolute Gasteiger partial charge is 0.295 e. The van der Waals surface area contributed by atoms with E-state index in [0.717, 1.165) is 19.6 Å². The molecule has 0 saturated carbocycles. The number of Topliss-reactive ketones (excluding diaryl/α,β-unsaturated/α-hetero) is 1. The number of halogens is 1. The minimum Gasteiger partial charge on any atom is -0.507 e. The fraction of sp³-hybridized carbons (Fsp3) is 0.429. The van der Waals surface area contributed by atoms with E-state index in [1.54, 1.807) is 30.3 Å². The number of ketones is 1. The lowest BCUT2D eigenvalue weighted by atomic mass is 9.95. The minimum absolute atomic E-state index is 0.000264. The van der Waals surface area contributed by atoms with Gasteiger partial charge in [0.05, 0.1) is 37.5 Å². The zero-order valence-corrected chi connectivity index (χ0v) is 22.8. The molecule has 8 nitrogen and oxygen atoms in total. The molecule has 1 saturated heterocycles. The van der Waals surface area contributed by atoms with Gasteiger partial charge in [0.1, 0.15) is 11.5 Å². The van der Waals surface area contributed by atoms with Gasteiger partial charge in [0.2, 0.25) is 0 Å². The molecule has 0 bridgehead atoms. The van der Waals surface area contributed by atoms with E-state index < -0.39 is 17.7 Å². The summed E-state index contributed by atoms with van der Waals surface area (Å²) in [5.74, 6) is -0.257. The molecular weight excluding hydrogens is 496 g/mol. The molecule has 0 spiro atoms. The second-order valence-electron chi connectivity index (χ2n) is 8.57. The Bertz CT molecular complexity index is 1160. The van der Waals surface area contributed by atoms with E-state index in [4.69, 9.17) is 25.8 Å². The van der Waals surface area contributed by atoms with Gasteiger partial charge in [0.25, 0.3) is 11.7 Å². The number of likely N-dealkylation sites (tertiary alicyclic amines) is 1. The standard InChI is InChI=1S/C28H35ClN2O6/c1-6-30(7-2)14-9-15-31-25(18-10-13-22(35-4)23(17-18)36-5)24(27(33)28(31)34)26(32)19-11-12-21(37-8-3)20(29)16-19/h10-13,16-17,25,32H,6-9,14-15H2,1-5H3/t25-/m1/s1. The maximum atomic E-state index is 13.3. The number of amides is 1. The molecule has 1 aliphatic heterocycles. The van der Waals surface area contributed by atoms with E-state index in [1.165, 1.54) is 25.2 Å². The molecule has 1 heterocycles. The minimum atomic E-state index is -0.804. The van der Waals surface area contributed by atoms with Crippen LogP contribution in [0.1, 0.15) is 44.4 Å². The molecule has 0 aromatic heterocycles. The highest BCUT2D eigenvalue weighted by Crippen LogP contribution is 2.42. The van der Waals surface area contributed by atoms with Crippen molar-refractivity contribution >= 4 is 29.1 Å². The molecule has 1 N–H and O–H groups in total. The number of carbonyl (C=O) groups excluding carboxylic acids is 2. The van der Waals surface area contributed by atoms with E-state index in [2.05, 4.69) is 18.7 Å². The van der Waals surface area contributed by atoms with Crippen LogP contribution >= 0.6 is 11.6 Å². The van der Waals surface area contributed by atoms with Gasteiger partial charge in [-0.2, -0.15) is 0 Å². The number of ether oxygens (including phenoxy) is 3. The normalized spacial score (nSPS) is 16.9. The molecule has 1 aliphatic rings. The van der Waals surface area contributed by atoms with Crippen LogP contribution < -0.4 is 14.2 Å². The monoisotopic (exact) mass is 530 g/mol. The van der Waals surface area contributed by atoms with E-state index >= 15 is 0 Å². The summed E-state index contributed by atoms with van der Waals surface area (Å²) in [5.41, 5.74) is 0.943. The van der Waals surface area contributed by atoms with Crippen molar-refractivity contribution in [2.24, 2.45) is 0 Å². The third-order valence-electron chi connectivity index (χ3n) is 6.54. The Morgan fingerprint density at radius 3 is 2.27 bits per heavy atom. The third kappa shape index (κ3) is 6.02. The summed E-state index contributed by atoms with van der Waals surface area (Å²) >= 11 is 6.35. The second-order valence-corrected chi connectivity index (χ2v) is 8.97. The Kier molecular flexibility index (Phi) is 9.83. The van der Waals surface area contributed by atoms with Crippen molar-refractivity contribution in [1.29, 1.82) is 0 Å². The predicted molar refractivity (Wildman–Crippen MR) is 144 cm³/mol. The Balaban J connectivity index is 2.10. The van der Waals surface area contributed by atoms with Gasteiger partial charge < -0.3 is 29.1 Å². The predicted octanol–water partition coefficient (Wildman–Crippen LogP) is 4.91. The first-order chi connectivity index (χ1) is 17.8. The van der Waals surface area contributed by atoms with E-state index in [0.29, 0.717) is 53.0 Å². The molecule has 2 aromatic rings. The van der Waals surface area contributed by atoms with Gasteiger partial charge in [-0.1, -0.05) is 31.5 Å². The van der Waals surface area contributed by atoms with Gasteiger partial charge in [0, 0.05) is 12.1 Å². The highest BCUT2D eigenvalue weighted by atomic mass is 35.5. The molecule has 37 heavy (non-hydrogen) atoms. The summed E-state index contributed by atoms with van der Waals surface area (Å²) < 4.78 is 16.3. The van der Waals surface area contributed by atoms with E-state index in [-0.39, 0.29) is 11.3 Å². The third-order valence-corrected chi connectivity index (χ3v) is 6.83. The van der Waals surface area contributed by atoms with Crippen LogP contribution in [-0.2, 0) is 9.59 Å². The van der Waals surface area contributed by atoms with Crippen LogP contribution in [0.15, 0.2) is 42.0 Å².